The highest BCUT2D eigenvalue weighted by Gasteiger charge is 2.32. The summed E-state index contributed by atoms with van der Waals surface area (Å²) in [6, 6.07) is 8.01. The molecule has 1 aliphatic heterocycles. The van der Waals surface area contributed by atoms with Gasteiger partial charge in [0.1, 0.15) is 4.83 Å². The van der Waals surface area contributed by atoms with E-state index in [1.807, 2.05) is 31.2 Å². The second kappa shape index (κ2) is 8.01. The molecule has 32 heavy (non-hydrogen) atoms. The van der Waals surface area contributed by atoms with Crippen molar-refractivity contribution in [3.63, 3.8) is 0 Å². The van der Waals surface area contributed by atoms with Crippen molar-refractivity contribution in [2.45, 2.75) is 64.8 Å². The van der Waals surface area contributed by atoms with E-state index in [1.165, 1.54) is 0 Å². The second-order valence-electron chi connectivity index (χ2n) is 9.53. The van der Waals surface area contributed by atoms with Gasteiger partial charge in [0, 0.05) is 17.1 Å². The summed E-state index contributed by atoms with van der Waals surface area (Å²) in [4.78, 5) is 16.0. The van der Waals surface area contributed by atoms with Crippen LogP contribution in [0.1, 0.15) is 50.1 Å². The number of thioether (sulfide) groups is 1. The van der Waals surface area contributed by atoms with Crippen LogP contribution in [0.3, 0.4) is 0 Å². The molecular weight excluding hydrogens is 440 g/mol. The first kappa shape index (κ1) is 21.7. The highest BCUT2D eigenvalue weighted by Crippen LogP contribution is 2.39. The molecule has 0 amide bonds. The minimum atomic E-state index is -0.293. The van der Waals surface area contributed by atoms with Gasteiger partial charge in [-0.1, -0.05) is 43.3 Å². The van der Waals surface area contributed by atoms with Gasteiger partial charge >= 0.3 is 0 Å². The molecule has 8 heteroatoms. The molecule has 6 nitrogen and oxygen atoms in total. The lowest BCUT2D eigenvalue weighted by atomic mass is 9.94. The summed E-state index contributed by atoms with van der Waals surface area (Å²) < 4.78 is 9.86. The van der Waals surface area contributed by atoms with Crippen molar-refractivity contribution in [3.05, 3.63) is 50.6 Å². The zero-order valence-electron chi connectivity index (χ0n) is 19.1. The van der Waals surface area contributed by atoms with Crippen LogP contribution in [0.5, 0.6) is 0 Å². The number of rotatable bonds is 5. The van der Waals surface area contributed by atoms with Gasteiger partial charge in [0.2, 0.25) is 5.78 Å². The Bertz CT molecular complexity index is 1360. The van der Waals surface area contributed by atoms with Crippen LogP contribution in [0.4, 0.5) is 0 Å². The molecule has 0 unspecified atom stereocenters. The number of benzene rings is 1. The Morgan fingerprint density at radius 2 is 1.97 bits per heavy atom. The van der Waals surface area contributed by atoms with Crippen LogP contribution in [0.25, 0.3) is 21.7 Å². The van der Waals surface area contributed by atoms with E-state index in [-0.39, 0.29) is 11.2 Å². The highest BCUT2D eigenvalue weighted by atomic mass is 32.2. The third-order valence-electron chi connectivity index (χ3n) is 5.92. The molecule has 5 rings (SSSR count). The van der Waals surface area contributed by atoms with Gasteiger partial charge in [-0.25, -0.2) is 8.97 Å². The van der Waals surface area contributed by atoms with Gasteiger partial charge in [-0.15, -0.1) is 21.5 Å². The Hall–Kier alpha value is -2.16. The van der Waals surface area contributed by atoms with Crippen molar-refractivity contribution >= 4 is 39.1 Å². The third-order valence-corrected chi connectivity index (χ3v) is 8.08. The van der Waals surface area contributed by atoms with Crippen molar-refractivity contribution in [2.75, 3.05) is 5.75 Å². The normalized spacial score (nSPS) is 15.7. The van der Waals surface area contributed by atoms with Crippen LogP contribution in [0.15, 0.2) is 34.2 Å². The highest BCUT2D eigenvalue weighted by molar-refractivity contribution is 7.99. The van der Waals surface area contributed by atoms with E-state index in [2.05, 4.69) is 42.3 Å². The molecule has 1 aliphatic rings. The van der Waals surface area contributed by atoms with Gasteiger partial charge in [-0.3, -0.25) is 4.79 Å². The molecule has 0 spiro atoms. The van der Waals surface area contributed by atoms with Crippen LogP contribution in [-0.4, -0.2) is 30.5 Å². The van der Waals surface area contributed by atoms with E-state index in [1.54, 1.807) is 27.7 Å². The lowest BCUT2D eigenvalue weighted by molar-refractivity contribution is -0.0379. The molecule has 0 saturated carbocycles. The molecule has 4 heterocycles. The molecule has 1 aromatic carbocycles. The maximum absolute atomic E-state index is 13.9. The maximum Gasteiger partial charge on any atom is 0.268 e. The standard InChI is InChI=1S/C24H28N4O2S2/c1-14(2)10-11-31-23-26-25-22-27(16-8-6-15(3)7-9-16)20(29)19-17-12-24(4,5)30-13-18(17)32-21(19)28(22)23/h6-9,14H,10-13H2,1-5H3. The Kier molecular flexibility index (Phi) is 5.42. The van der Waals surface area contributed by atoms with E-state index in [4.69, 9.17) is 4.74 Å². The fourth-order valence-corrected chi connectivity index (χ4v) is 6.56. The monoisotopic (exact) mass is 468 g/mol. The van der Waals surface area contributed by atoms with Crippen molar-refractivity contribution in [3.8, 4) is 5.69 Å². The summed E-state index contributed by atoms with van der Waals surface area (Å²) in [6.07, 6.45) is 1.82. The van der Waals surface area contributed by atoms with Crippen molar-refractivity contribution in [1.29, 1.82) is 0 Å². The summed E-state index contributed by atoms with van der Waals surface area (Å²) >= 11 is 3.35. The third kappa shape index (κ3) is 3.68. The number of nitrogens with zero attached hydrogens (tertiary/aromatic N) is 4. The number of fused-ring (bicyclic) bond motifs is 5. The number of thiophene rings is 1. The number of hydrogen-bond acceptors (Lipinski definition) is 6. The fraction of sp³-hybridized carbons (Fsp3) is 0.458. The van der Waals surface area contributed by atoms with Gasteiger partial charge in [-0.05, 0) is 50.8 Å². The van der Waals surface area contributed by atoms with Crippen LogP contribution < -0.4 is 5.56 Å². The average molecular weight is 469 g/mol. The maximum atomic E-state index is 13.9. The molecule has 0 radical (unpaired) electrons. The number of aryl methyl sites for hydroxylation is 1. The lowest BCUT2D eigenvalue weighted by Crippen LogP contribution is -2.32. The minimum absolute atomic E-state index is 0.0299. The number of aromatic nitrogens is 4. The zero-order chi connectivity index (χ0) is 22.6. The molecule has 0 fully saturated rings. The van der Waals surface area contributed by atoms with Gasteiger partial charge < -0.3 is 4.74 Å². The van der Waals surface area contributed by atoms with Crippen LogP contribution in [-0.2, 0) is 17.8 Å². The van der Waals surface area contributed by atoms with Crippen molar-refractivity contribution in [2.24, 2.45) is 5.92 Å². The predicted molar refractivity (Wildman–Crippen MR) is 131 cm³/mol. The predicted octanol–water partition coefficient (Wildman–Crippen LogP) is 5.39. The molecule has 0 N–H and O–H groups in total. The topological polar surface area (TPSA) is 61.4 Å². The molecule has 0 atom stereocenters. The van der Waals surface area contributed by atoms with Crippen molar-refractivity contribution < 1.29 is 4.74 Å². The summed E-state index contributed by atoms with van der Waals surface area (Å²) in [5.74, 6) is 2.16. The van der Waals surface area contributed by atoms with Gasteiger partial charge in [0.15, 0.2) is 5.16 Å². The first-order valence-electron chi connectivity index (χ1n) is 11.0. The second-order valence-corrected chi connectivity index (χ2v) is 11.7. The zero-order valence-corrected chi connectivity index (χ0v) is 20.8. The Labute approximate surface area is 195 Å². The van der Waals surface area contributed by atoms with E-state index >= 15 is 0 Å². The first-order chi connectivity index (χ1) is 15.2. The average Bonchev–Trinajstić information content (AvgIpc) is 3.30. The fourth-order valence-electron chi connectivity index (χ4n) is 4.11. The molecular formula is C24H28N4O2S2. The Morgan fingerprint density at radius 1 is 1.22 bits per heavy atom. The molecule has 0 saturated heterocycles. The number of ether oxygens (including phenoxy) is 1. The summed E-state index contributed by atoms with van der Waals surface area (Å²) in [5, 5.41) is 10.6. The van der Waals surface area contributed by atoms with Gasteiger partial charge in [-0.2, -0.15) is 0 Å². The summed E-state index contributed by atoms with van der Waals surface area (Å²) in [6.45, 7) is 11.2. The van der Waals surface area contributed by atoms with Crippen LogP contribution in [0.2, 0.25) is 0 Å². The Morgan fingerprint density at radius 3 is 2.69 bits per heavy atom. The van der Waals surface area contributed by atoms with E-state index in [0.717, 1.165) is 55.7 Å². The quantitative estimate of drug-likeness (QED) is 0.367. The van der Waals surface area contributed by atoms with E-state index < -0.39 is 0 Å². The largest absolute Gasteiger partial charge is 0.370 e. The van der Waals surface area contributed by atoms with Crippen molar-refractivity contribution in [1.82, 2.24) is 19.2 Å². The lowest BCUT2D eigenvalue weighted by Gasteiger charge is -2.29. The smallest absolute Gasteiger partial charge is 0.268 e. The molecule has 0 bridgehead atoms. The molecule has 0 aliphatic carbocycles. The summed E-state index contributed by atoms with van der Waals surface area (Å²) in [7, 11) is 0. The summed E-state index contributed by atoms with van der Waals surface area (Å²) in [5.41, 5.74) is 2.75. The van der Waals surface area contributed by atoms with Crippen LogP contribution in [0, 0.1) is 12.8 Å². The SMILES string of the molecule is Cc1ccc(-n2c(=O)c3c4c(sc3n3c(SCCC(C)C)nnc23)COC(C)(C)C4)cc1. The Balaban J connectivity index is 1.80. The minimum Gasteiger partial charge on any atom is -0.370 e. The molecule has 4 aromatic rings. The van der Waals surface area contributed by atoms with Gasteiger partial charge in [0.25, 0.3) is 5.56 Å². The molecule has 3 aromatic heterocycles. The molecule has 168 valence electrons. The van der Waals surface area contributed by atoms with Crippen LogP contribution >= 0.6 is 23.1 Å². The van der Waals surface area contributed by atoms with E-state index in [0.29, 0.717) is 18.3 Å². The van der Waals surface area contributed by atoms with Gasteiger partial charge in [0.05, 0.1) is 23.3 Å². The number of hydrogen-bond donors (Lipinski definition) is 0. The first-order valence-corrected chi connectivity index (χ1v) is 12.8. The van der Waals surface area contributed by atoms with E-state index in [9.17, 15) is 4.79 Å².